The van der Waals surface area contributed by atoms with E-state index in [1.165, 1.54) is 0 Å². The molecule has 0 spiro atoms. The molecule has 5 heterocycles. The maximum absolute atomic E-state index is 13.9. The monoisotopic (exact) mass is 550 g/mol. The molecule has 8 heteroatoms. The molecule has 0 atom stereocenters. The molecule has 8 nitrogen and oxygen atoms in total. The lowest BCUT2D eigenvalue weighted by atomic mass is 10.0. The number of pyridine rings is 4. The molecular weight excluding hydrogens is 524 g/mol. The largest absolute Gasteiger partial charge is 0.335 e. The van der Waals surface area contributed by atoms with Crippen LogP contribution in [0.25, 0.3) is 44.6 Å². The summed E-state index contributed by atoms with van der Waals surface area (Å²) in [5.74, 6) is -0.158. The number of para-hydroxylation sites is 2. The van der Waals surface area contributed by atoms with Gasteiger partial charge in [-0.15, -0.1) is 0 Å². The Bertz CT molecular complexity index is 1790. The predicted molar refractivity (Wildman–Crippen MR) is 162 cm³/mol. The van der Waals surface area contributed by atoms with E-state index in [0.717, 1.165) is 21.8 Å². The van der Waals surface area contributed by atoms with Crippen LogP contribution in [0.4, 0.5) is 0 Å². The van der Waals surface area contributed by atoms with Gasteiger partial charge in [0.15, 0.2) is 0 Å². The molecule has 0 unspecified atom stereocenters. The van der Waals surface area contributed by atoms with E-state index < -0.39 is 0 Å². The van der Waals surface area contributed by atoms with Crippen LogP contribution in [0.15, 0.2) is 109 Å². The molecule has 1 aliphatic rings. The fraction of sp³-hybridized carbons (Fsp3) is 0.118. The molecule has 0 saturated carbocycles. The number of fused-ring (bicyclic) bond motifs is 2. The first-order valence-electron chi connectivity index (χ1n) is 13.9. The van der Waals surface area contributed by atoms with Crippen molar-refractivity contribution in [3.8, 4) is 22.8 Å². The Balaban J connectivity index is 1.15. The number of amides is 2. The molecular formula is C34H26N6O2. The zero-order valence-electron chi connectivity index (χ0n) is 22.7. The van der Waals surface area contributed by atoms with Gasteiger partial charge in [0.1, 0.15) is 0 Å². The minimum Gasteiger partial charge on any atom is -0.335 e. The van der Waals surface area contributed by atoms with Gasteiger partial charge in [0, 0.05) is 49.3 Å². The highest BCUT2D eigenvalue weighted by Crippen LogP contribution is 2.27. The van der Waals surface area contributed by atoms with E-state index >= 15 is 0 Å². The summed E-state index contributed by atoms with van der Waals surface area (Å²) in [4.78, 5) is 49.8. The highest BCUT2D eigenvalue weighted by atomic mass is 16.2. The van der Waals surface area contributed by atoms with E-state index in [0.29, 0.717) is 60.1 Å². The molecule has 4 aromatic heterocycles. The molecule has 6 aromatic rings. The number of carbonyl (C=O) groups is 2. The van der Waals surface area contributed by atoms with Crippen LogP contribution in [0.3, 0.4) is 0 Å². The average Bonchev–Trinajstić information content (AvgIpc) is 3.07. The number of rotatable bonds is 4. The van der Waals surface area contributed by atoms with E-state index in [2.05, 4.69) is 9.97 Å². The van der Waals surface area contributed by atoms with Crippen LogP contribution in [0.5, 0.6) is 0 Å². The lowest BCUT2D eigenvalue weighted by Gasteiger charge is -2.35. The molecule has 2 amide bonds. The number of benzene rings is 2. The highest BCUT2D eigenvalue weighted by Gasteiger charge is 2.28. The number of hydrogen-bond acceptors (Lipinski definition) is 6. The quantitative estimate of drug-likeness (QED) is 0.288. The minimum absolute atomic E-state index is 0.0790. The second-order valence-corrected chi connectivity index (χ2v) is 10.2. The van der Waals surface area contributed by atoms with E-state index in [4.69, 9.17) is 9.97 Å². The zero-order valence-corrected chi connectivity index (χ0v) is 22.7. The smallest absolute Gasteiger partial charge is 0.254 e. The number of piperazine rings is 1. The number of aromatic nitrogens is 4. The summed E-state index contributed by atoms with van der Waals surface area (Å²) in [6.45, 7) is 1.71. The van der Waals surface area contributed by atoms with Crippen LogP contribution in [-0.4, -0.2) is 67.7 Å². The van der Waals surface area contributed by atoms with Gasteiger partial charge in [-0.25, -0.2) is 9.97 Å². The Morgan fingerprint density at radius 3 is 1.31 bits per heavy atom. The van der Waals surface area contributed by atoms with Crippen molar-refractivity contribution in [3.63, 3.8) is 0 Å². The van der Waals surface area contributed by atoms with Crippen LogP contribution in [0.1, 0.15) is 20.7 Å². The summed E-state index contributed by atoms with van der Waals surface area (Å²) in [5.41, 5.74) is 5.38. The molecule has 42 heavy (non-hydrogen) atoms. The molecule has 0 N–H and O–H groups in total. The van der Waals surface area contributed by atoms with E-state index in [1.54, 1.807) is 12.4 Å². The van der Waals surface area contributed by atoms with Gasteiger partial charge in [0.05, 0.1) is 44.9 Å². The van der Waals surface area contributed by atoms with Crippen molar-refractivity contribution in [1.29, 1.82) is 0 Å². The van der Waals surface area contributed by atoms with Gasteiger partial charge in [-0.1, -0.05) is 48.5 Å². The van der Waals surface area contributed by atoms with Gasteiger partial charge < -0.3 is 9.80 Å². The van der Waals surface area contributed by atoms with Crippen molar-refractivity contribution in [2.45, 2.75) is 0 Å². The Morgan fingerprint density at radius 2 is 0.905 bits per heavy atom. The molecule has 0 radical (unpaired) electrons. The van der Waals surface area contributed by atoms with Crippen molar-refractivity contribution in [1.82, 2.24) is 29.7 Å². The molecule has 2 aromatic carbocycles. The van der Waals surface area contributed by atoms with Gasteiger partial charge in [0.2, 0.25) is 0 Å². The van der Waals surface area contributed by atoms with Crippen LogP contribution in [-0.2, 0) is 0 Å². The van der Waals surface area contributed by atoms with Gasteiger partial charge in [-0.05, 0) is 48.5 Å². The number of hydrogen-bond donors (Lipinski definition) is 0. The Kier molecular flexibility index (Phi) is 6.56. The van der Waals surface area contributed by atoms with Crippen LogP contribution >= 0.6 is 0 Å². The first-order chi connectivity index (χ1) is 20.7. The van der Waals surface area contributed by atoms with Crippen molar-refractivity contribution in [2.75, 3.05) is 26.2 Å². The van der Waals surface area contributed by atoms with E-state index in [1.807, 2.05) is 107 Å². The van der Waals surface area contributed by atoms with Crippen LogP contribution in [0.2, 0.25) is 0 Å². The summed E-state index contributed by atoms with van der Waals surface area (Å²) in [7, 11) is 0. The van der Waals surface area contributed by atoms with E-state index in [9.17, 15) is 9.59 Å². The molecule has 1 aliphatic heterocycles. The summed E-state index contributed by atoms with van der Waals surface area (Å²) >= 11 is 0. The van der Waals surface area contributed by atoms with Gasteiger partial charge >= 0.3 is 0 Å². The summed E-state index contributed by atoms with van der Waals surface area (Å²) in [6.07, 6.45) is 3.44. The third-order valence-electron chi connectivity index (χ3n) is 7.60. The molecule has 1 fully saturated rings. The second kappa shape index (κ2) is 10.8. The molecule has 204 valence electrons. The van der Waals surface area contributed by atoms with Crippen molar-refractivity contribution >= 4 is 33.6 Å². The SMILES string of the molecule is O=C(c1cc(-c2ccccn2)nc2ccccc12)N1CCN(C(=O)c2cc(-c3ccccn3)nc3ccccc23)CC1. The molecule has 7 rings (SSSR count). The van der Waals surface area contributed by atoms with Crippen molar-refractivity contribution in [2.24, 2.45) is 0 Å². The first kappa shape index (κ1) is 25.5. The summed E-state index contributed by atoms with van der Waals surface area (Å²) in [5, 5.41) is 1.59. The molecule has 1 saturated heterocycles. The second-order valence-electron chi connectivity index (χ2n) is 10.2. The van der Waals surface area contributed by atoms with Crippen molar-refractivity contribution in [3.05, 3.63) is 121 Å². The number of carbonyl (C=O) groups excluding carboxylic acids is 2. The Labute approximate surface area is 242 Å². The Hall–Kier alpha value is -5.50. The summed E-state index contributed by atoms with van der Waals surface area (Å²) in [6, 6.07) is 30.3. The lowest BCUT2D eigenvalue weighted by Crippen LogP contribution is -2.50. The lowest BCUT2D eigenvalue weighted by molar-refractivity contribution is 0.0537. The van der Waals surface area contributed by atoms with Gasteiger partial charge in [-0.2, -0.15) is 0 Å². The molecule has 0 aliphatic carbocycles. The topological polar surface area (TPSA) is 92.2 Å². The van der Waals surface area contributed by atoms with E-state index in [-0.39, 0.29) is 11.8 Å². The predicted octanol–water partition coefficient (Wildman–Crippen LogP) is 5.51. The van der Waals surface area contributed by atoms with Crippen molar-refractivity contribution < 1.29 is 9.59 Å². The molecule has 0 bridgehead atoms. The normalized spacial score (nSPS) is 13.4. The standard InChI is InChI=1S/C34H26N6O2/c41-33(25-21-31(29-13-5-7-15-35-29)37-27-11-3-1-9-23(25)27)39-17-19-40(20-18-39)34(42)26-22-32(30-14-6-8-16-36-30)38-28-12-4-2-10-24(26)28/h1-16,21-22H,17-20H2. The Morgan fingerprint density at radius 1 is 0.500 bits per heavy atom. The van der Waals surface area contributed by atoms with Gasteiger partial charge in [0.25, 0.3) is 11.8 Å². The first-order valence-corrected chi connectivity index (χ1v) is 13.9. The third-order valence-corrected chi connectivity index (χ3v) is 7.60. The minimum atomic E-state index is -0.0790. The zero-order chi connectivity index (χ0) is 28.5. The average molecular weight is 551 g/mol. The maximum Gasteiger partial charge on any atom is 0.254 e. The fourth-order valence-electron chi connectivity index (χ4n) is 5.45. The fourth-order valence-corrected chi connectivity index (χ4v) is 5.45. The van der Waals surface area contributed by atoms with Gasteiger partial charge in [-0.3, -0.25) is 19.6 Å². The van der Waals surface area contributed by atoms with Crippen LogP contribution < -0.4 is 0 Å². The number of nitrogens with zero attached hydrogens (tertiary/aromatic N) is 6. The third kappa shape index (κ3) is 4.73. The summed E-state index contributed by atoms with van der Waals surface area (Å²) < 4.78 is 0. The maximum atomic E-state index is 13.9. The van der Waals surface area contributed by atoms with Crippen LogP contribution in [0, 0.1) is 0 Å². The highest BCUT2D eigenvalue weighted by molar-refractivity contribution is 6.08.